The van der Waals surface area contributed by atoms with Crippen LogP contribution in [-0.2, 0) is 14.8 Å². The molecule has 124 valence electrons. The number of halogens is 1. The monoisotopic (exact) mass is 348 g/mol. The number of hydrogen-bond donors (Lipinski definition) is 1. The van der Waals surface area contributed by atoms with Crippen LogP contribution in [0.4, 0.5) is 0 Å². The molecule has 1 aliphatic rings. The van der Waals surface area contributed by atoms with Gasteiger partial charge in [0, 0.05) is 39.1 Å². The van der Waals surface area contributed by atoms with Crippen molar-refractivity contribution in [3.05, 3.63) is 30.1 Å². The third-order valence-electron chi connectivity index (χ3n) is 3.56. The first-order valence-electron chi connectivity index (χ1n) is 6.71. The standard InChI is InChI=1S/C13H20N4O3S.ClH/c1-16(21(2,19)20)10-13(18)17-7-6-15-9-12(17)11-4-3-5-14-8-11;/h3-5,8,12,15H,6-7,9-10H2,1-2H3;1H. The van der Waals surface area contributed by atoms with Crippen molar-refractivity contribution in [2.75, 3.05) is 39.5 Å². The molecular formula is C13H21ClN4O3S. The lowest BCUT2D eigenvalue weighted by atomic mass is 10.1. The maximum absolute atomic E-state index is 12.4. The molecule has 1 aliphatic heterocycles. The van der Waals surface area contributed by atoms with Crippen molar-refractivity contribution in [3.8, 4) is 0 Å². The van der Waals surface area contributed by atoms with Crippen molar-refractivity contribution in [1.29, 1.82) is 0 Å². The van der Waals surface area contributed by atoms with E-state index < -0.39 is 10.0 Å². The second kappa shape index (κ2) is 7.87. The number of piperazine rings is 1. The van der Waals surface area contributed by atoms with E-state index >= 15 is 0 Å². The third-order valence-corrected chi connectivity index (χ3v) is 4.82. The van der Waals surface area contributed by atoms with Gasteiger partial charge in [-0.1, -0.05) is 6.07 Å². The molecule has 0 saturated carbocycles. The molecule has 1 saturated heterocycles. The molecule has 2 heterocycles. The Kier molecular flexibility index (Phi) is 6.73. The van der Waals surface area contributed by atoms with Gasteiger partial charge in [-0.2, -0.15) is 4.31 Å². The fraction of sp³-hybridized carbons (Fsp3) is 0.538. The minimum Gasteiger partial charge on any atom is -0.332 e. The number of aromatic nitrogens is 1. The van der Waals surface area contributed by atoms with Crippen molar-refractivity contribution in [1.82, 2.24) is 19.5 Å². The topological polar surface area (TPSA) is 82.6 Å². The zero-order valence-corrected chi connectivity index (χ0v) is 14.2. The number of nitrogens with zero attached hydrogens (tertiary/aromatic N) is 3. The lowest BCUT2D eigenvalue weighted by molar-refractivity contribution is -0.134. The van der Waals surface area contributed by atoms with Gasteiger partial charge in [-0.3, -0.25) is 9.78 Å². The molecule has 7 nitrogen and oxygen atoms in total. The predicted molar refractivity (Wildman–Crippen MR) is 86.3 cm³/mol. The van der Waals surface area contributed by atoms with Gasteiger partial charge in [0.25, 0.3) is 0 Å². The molecule has 0 radical (unpaired) electrons. The van der Waals surface area contributed by atoms with Crippen LogP contribution in [0.3, 0.4) is 0 Å². The molecule has 1 fully saturated rings. The summed E-state index contributed by atoms with van der Waals surface area (Å²) in [7, 11) is -1.95. The van der Waals surface area contributed by atoms with Crippen LogP contribution in [0.15, 0.2) is 24.5 Å². The van der Waals surface area contributed by atoms with Gasteiger partial charge in [0.05, 0.1) is 18.8 Å². The van der Waals surface area contributed by atoms with Crippen LogP contribution in [0, 0.1) is 0 Å². The first kappa shape index (κ1) is 18.8. The molecule has 1 aromatic rings. The molecule has 0 aliphatic carbocycles. The van der Waals surface area contributed by atoms with Gasteiger partial charge < -0.3 is 10.2 Å². The van der Waals surface area contributed by atoms with E-state index in [-0.39, 0.29) is 30.9 Å². The predicted octanol–water partition coefficient (Wildman–Crippen LogP) is -0.132. The summed E-state index contributed by atoms with van der Waals surface area (Å²) in [6.07, 6.45) is 4.51. The number of likely N-dealkylation sites (N-methyl/N-ethyl adjacent to an activating group) is 1. The SMILES string of the molecule is CN(CC(=O)N1CCNCC1c1cccnc1)S(C)(=O)=O.Cl. The van der Waals surface area contributed by atoms with E-state index in [4.69, 9.17) is 0 Å². The van der Waals surface area contributed by atoms with Gasteiger partial charge in [0.1, 0.15) is 0 Å². The van der Waals surface area contributed by atoms with Crippen molar-refractivity contribution in [2.24, 2.45) is 0 Å². The highest BCUT2D eigenvalue weighted by Crippen LogP contribution is 2.21. The van der Waals surface area contributed by atoms with Crippen LogP contribution in [0.2, 0.25) is 0 Å². The van der Waals surface area contributed by atoms with Gasteiger partial charge in [0.2, 0.25) is 15.9 Å². The summed E-state index contributed by atoms with van der Waals surface area (Å²) in [5, 5.41) is 3.25. The molecule has 1 amide bonds. The highest BCUT2D eigenvalue weighted by molar-refractivity contribution is 7.88. The maximum Gasteiger partial charge on any atom is 0.238 e. The van der Waals surface area contributed by atoms with Crippen LogP contribution in [0.25, 0.3) is 0 Å². The fourth-order valence-electron chi connectivity index (χ4n) is 2.27. The van der Waals surface area contributed by atoms with Crippen molar-refractivity contribution in [2.45, 2.75) is 6.04 Å². The molecule has 0 spiro atoms. The Morgan fingerprint density at radius 3 is 2.86 bits per heavy atom. The summed E-state index contributed by atoms with van der Waals surface area (Å²) in [6.45, 7) is 1.75. The maximum atomic E-state index is 12.4. The third kappa shape index (κ3) is 4.64. The smallest absolute Gasteiger partial charge is 0.238 e. The molecule has 1 aromatic heterocycles. The zero-order valence-electron chi connectivity index (χ0n) is 12.6. The second-order valence-electron chi connectivity index (χ2n) is 5.11. The summed E-state index contributed by atoms with van der Waals surface area (Å²) in [6, 6.07) is 3.63. The van der Waals surface area contributed by atoms with E-state index in [1.54, 1.807) is 17.3 Å². The minimum atomic E-state index is -3.36. The lowest BCUT2D eigenvalue weighted by Crippen LogP contribution is -2.51. The van der Waals surface area contributed by atoms with Gasteiger partial charge in [0.15, 0.2) is 0 Å². The Labute approximate surface area is 137 Å². The number of hydrogen-bond acceptors (Lipinski definition) is 5. The first-order valence-corrected chi connectivity index (χ1v) is 8.56. The molecule has 0 bridgehead atoms. The van der Waals surface area contributed by atoms with Crippen molar-refractivity contribution >= 4 is 28.3 Å². The quantitative estimate of drug-likeness (QED) is 0.819. The molecule has 2 rings (SSSR count). The average Bonchev–Trinajstić information content (AvgIpc) is 2.47. The highest BCUT2D eigenvalue weighted by atomic mass is 35.5. The molecule has 1 atom stereocenters. The number of carbonyl (C=O) groups is 1. The molecule has 1 unspecified atom stereocenters. The fourth-order valence-corrected chi connectivity index (χ4v) is 2.62. The van der Waals surface area contributed by atoms with E-state index in [1.807, 2.05) is 12.1 Å². The number of sulfonamides is 1. The normalized spacial score (nSPS) is 18.9. The van der Waals surface area contributed by atoms with E-state index in [2.05, 4.69) is 10.3 Å². The molecule has 1 N–H and O–H groups in total. The Morgan fingerprint density at radius 1 is 1.55 bits per heavy atom. The average molecular weight is 349 g/mol. The van der Waals surface area contributed by atoms with Gasteiger partial charge in [-0.05, 0) is 11.6 Å². The minimum absolute atomic E-state index is 0. The number of rotatable bonds is 4. The Morgan fingerprint density at radius 2 is 2.27 bits per heavy atom. The van der Waals surface area contributed by atoms with Crippen molar-refractivity contribution < 1.29 is 13.2 Å². The first-order chi connectivity index (χ1) is 9.89. The van der Waals surface area contributed by atoms with Gasteiger partial charge in [-0.25, -0.2) is 8.42 Å². The molecule has 9 heteroatoms. The van der Waals surface area contributed by atoms with E-state index in [0.29, 0.717) is 19.6 Å². The van der Waals surface area contributed by atoms with Crippen LogP contribution < -0.4 is 5.32 Å². The molecule has 0 aromatic carbocycles. The van der Waals surface area contributed by atoms with Crippen molar-refractivity contribution in [3.63, 3.8) is 0 Å². The largest absolute Gasteiger partial charge is 0.332 e. The van der Waals surface area contributed by atoms with E-state index in [0.717, 1.165) is 16.1 Å². The second-order valence-corrected chi connectivity index (χ2v) is 7.20. The van der Waals surface area contributed by atoms with Crippen LogP contribution >= 0.6 is 12.4 Å². The highest BCUT2D eigenvalue weighted by Gasteiger charge is 2.29. The lowest BCUT2D eigenvalue weighted by Gasteiger charge is -2.37. The molecular weight excluding hydrogens is 328 g/mol. The summed E-state index contributed by atoms with van der Waals surface area (Å²) < 4.78 is 23.9. The summed E-state index contributed by atoms with van der Waals surface area (Å²) in [4.78, 5) is 18.2. The number of amides is 1. The number of carbonyl (C=O) groups excluding carboxylic acids is 1. The summed E-state index contributed by atoms with van der Waals surface area (Å²) >= 11 is 0. The van der Waals surface area contributed by atoms with Crippen LogP contribution in [-0.4, -0.2) is 68.0 Å². The van der Waals surface area contributed by atoms with Gasteiger partial charge in [-0.15, -0.1) is 12.4 Å². The number of nitrogens with one attached hydrogen (secondary N) is 1. The Hall–Kier alpha value is -1.22. The Bertz CT molecular complexity index is 597. The Balaban J connectivity index is 0.00000242. The number of pyridine rings is 1. The van der Waals surface area contributed by atoms with E-state index in [1.165, 1.54) is 7.05 Å². The molecule has 22 heavy (non-hydrogen) atoms. The van der Waals surface area contributed by atoms with Crippen LogP contribution in [0.5, 0.6) is 0 Å². The van der Waals surface area contributed by atoms with Gasteiger partial charge >= 0.3 is 0 Å². The van der Waals surface area contributed by atoms with E-state index in [9.17, 15) is 13.2 Å². The zero-order chi connectivity index (χ0) is 15.5. The van der Waals surface area contributed by atoms with Crippen LogP contribution in [0.1, 0.15) is 11.6 Å². The summed E-state index contributed by atoms with van der Waals surface area (Å²) in [5.41, 5.74) is 0.944. The summed E-state index contributed by atoms with van der Waals surface area (Å²) in [5.74, 6) is -0.196.